The van der Waals surface area contributed by atoms with Crippen LogP contribution in [0, 0.1) is 0 Å². The standard InChI is InChI=1S/C16H24BrN3O/c1-3-18-16(21)11-20(4-2)14-8-5-12(15(17)9-14)10-19-13-6-7-13/h5,8-9,13,19H,3-4,6-7,10-11H2,1-2H3,(H,18,21). The fourth-order valence-electron chi connectivity index (χ4n) is 2.23. The van der Waals surface area contributed by atoms with Crippen molar-refractivity contribution < 1.29 is 4.79 Å². The quantitative estimate of drug-likeness (QED) is 0.755. The Morgan fingerprint density at radius 1 is 1.38 bits per heavy atom. The molecule has 0 unspecified atom stereocenters. The first-order valence-corrected chi connectivity index (χ1v) is 8.46. The second kappa shape index (κ2) is 7.80. The molecular formula is C16H24BrN3O. The maximum atomic E-state index is 11.7. The third-order valence-electron chi connectivity index (χ3n) is 3.65. The molecule has 0 atom stereocenters. The Morgan fingerprint density at radius 2 is 2.14 bits per heavy atom. The lowest BCUT2D eigenvalue weighted by Crippen LogP contribution is -2.37. The number of carbonyl (C=O) groups excluding carboxylic acids is 1. The molecule has 1 amide bonds. The van der Waals surface area contributed by atoms with Crippen LogP contribution < -0.4 is 15.5 Å². The van der Waals surface area contributed by atoms with E-state index in [2.05, 4.69) is 56.6 Å². The fourth-order valence-corrected chi connectivity index (χ4v) is 2.74. The molecule has 1 aliphatic carbocycles. The van der Waals surface area contributed by atoms with Gasteiger partial charge in [0.25, 0.3) is 0 Å². The van der Waals surface area contributed by atoms with Crippen LogP contribution in [-0.2, 0) is 11.3 Å². The highest BCUT2D eigenvalue weighted by atomic mass is 79.9. The molecule has 21 heavy (non-hydrogen) atoms. The van der Waals surface area contributed by atoms with Crippen LogP contribution in [0.5, 0.6) is 0 Å². The molecular weight excluding hydrogens is 330 g/mol. The predicted molar refractivity (Wildman–Crippen MR) is 90.6 cm³/mol. The van der Waals surface area contributed by atoms with Gasteiger partial charge in [-0.25, -0.2) is 0 Å². The van der Waals surface area contributed by atoms with E-state index in [1.165, 1.54) is 18.4 Å². The van der Waals surface area contributed by atoms with Crippen molar-refractivity contribution in [2.45, 2.75) is 39.3 Å². The van der Waals surface area contributed by atoms with Crippen LogP contribution in [0.25, 0.3) is 0 Å². The normalized spacial score (nSPS) is 14.0. The average molecular weight is 354 g/mol. The summed E-state index contributed by atoms with van der Waals surface area (Å²) in [7, 11) is 0. The van der Waals surface area contributed by atoms with E-state index < -0.39 is 0 Å². The van der Waals surface area contributed by atoms with Gasteiger partial charge in [-0.3, -0.25) is 4.79 Å². The number of halogens is 1. The number of hydrogen-bond donors (Lipinski definition) is 2. The second-order valence-corrected chi connectivity index (χ2v) is 6.25. The van der Waals surface area contributed by atoms with Gasteiger partial charge in [0.15, 0.2) is 0 Å². The SMILES string of the molecule is CCNC(=O)CN(CC)c1ccc(CNC2CC2)c(Br)c1. The molecule has 5 heteroatoms. The molecule has 116 valence electrons. The number of nitrogens with zero attached hydrogens (tertiary/aromatic N) is 1. The van der Waals surface area contributed by atoms with Gasteiger partial charge >= 0.3 is 0 Å². The topological polar surface area (TPSA) is 44.4 Å². The largest absolute Gasteiger partial charge is 0.362 e. The van der Waals surface area contributed by atoms with Gasteiger partial charge in [0.1, 0.15) is 0 Å². The third-order valence-corrected chi connectivity index (χ3v) is 4.39. The first-order valence-electron chi connectivity index (χ1n) is 7.67. The third kappa shape index (κ3) is 5.00. The van der Waals surface area contributed by atoms with Gasteiger partial charge in [0.2, 0.25) is 5.91 Å². The molecule has 2 N–H and O–H groups in total. The molecule has 4 nitrogen and oxygen atoms in total. The minimum atomic E-state index is 0.0648. The number of nitrogens with one attached hydrogen (secondary N) is 2. The van der Waals surface area contributed by atoms with Crippen LogP contribution in [0.3, 0.4) is 0 Å². The minimum Gasteiger partial charge on any atom is -0.362 e. The molecule has 0 radical (unpaired) electrons. The van der Waals surface area contributed by atoms with E-state index >= 15 is 0 Å². The average Bonchev–Trinajstić information content (AvgIpc) is 3.28. The number of anilines is 1. The zero-order valence-electron chi connectivity index (χ0n) is 12.8. The van der Waals surface area contributed by atoms with Crippen LogP contribution in [0.15, 0.2) is 22.7 Å². The molecule has 0 bridgehead atoms. The summed E-state index contributed by atoms with van der Waals surface area (Å²) in [5.74, 6) is 0.0648. The highest BCUT2D eigenvalue weighted by Crippen LogP contribution is 2.26. The predicted octanol–water partition coefficient (Wildman–Crippen LogP) is 2.66. The van der Waals surface area contributed by atoms with E-state index in [-0.39, 0.29) is 5.91 Å². The summed E-state index contributed by atoms with van der Waals surface area (Å²) in [6.07, 6.45) is 2.59. The Kier molecular flexibility index (Phi) is 6.06. The summed E-state index contributed by atoms with van der Waals surface area (Å²) in [5, 5.41) is 6.36. The summed E-state index contributed by atoms with van der Waals surface area (Å²) in [5.41, 5.74) is 2.34. The number of amides is 1. The van der Waals surface area contributed by atoms with E-state index in [0.717, 1.165) is 23.2 Å². The van der Waals surface area contributed by atoms with Crippen molar-refractivity contribution in [2.24, 2.45) is 0 Å². The van der Waals surface area contributed by atoms with E-state index in [1.807, 2.05) is 6.92 Å². The van der Waals surface area contributed by atoms with E-state index in [9.17, 15) is 4.79 Å². The summed E-state index contributed by atoms with van der Waals surface area (Å²) in [6, 6.07) is 7.04. The highest BCUT2D eigenvalue weighted by Gasteiger charge is 2.20. The maximum Gasteiger partial charge on any atom is 0.239 e. The zero-order valence-corrected chi connectivity index (χ0v) is 14.4. The van der Waals surface area contributed by atoms with Gasteiger partial charge in [-0.2, -0.15) is 0 Å². The monoisotopic (exact) mass is 353 g/mol. The lowest BCUT2D eigenvalue weighted by atomic mass is 10.2. The highest BCUT2D eigenvalue weighted by molar-refractivity contribution is 9.10. The summed E-state index contributed by atoms with van der Waals surface area (Å²) in [4.78, 5) is 13.8. The van der Waals surface area contributed by atoms with Crippen LogP contribution in [-0.4, -0.2) is 31.6 Å². The molecule has 1 fully saturated rings. The van der Waals surface area contributed by atoms with Crippen LogP contribution in [0.4, 0.5) is 5.69 Å². The number of likely N-dealkylation sites (N-methyl/N-ethyl adjacent to an activating group) is 2. The Morgan fingerprint density at radius 3 is 2.71 bits per heavy atom. The van der Waals surface area contributed by atoms with Crippen molar-refractivity contribution in [3.05, 3.63) is 28.2 Å². The number of carbonyl (C=O) groups is 1. The van der Waals surface area contributed by atoms with Gasteiger partial charge in [-0.15, -0.1) is 0 Å². The van der Waals surface area contributed by atoms with Crippen molar-refractivity contribution in [2.75, 3.05) is 24.5 Å². The molecule has 0 spiro atoms. The maximum absolute atomic E-state index is 11.7. The summed E-state index contributed by atoms with van der Waals surface area (Å²) >= 11 is 3.64. The number of hydrogen-bond acceptors (Lipinski definition) is 3. The van der Waals surface area contributed by atoms with Crippen molar-refractivity contribution in [3.8, 4) is 0 Å². The first-order chi connectivity index (χ1) is 10.1. The smallest absolute Gasteiger partial charge is 0.239 e. The molecule has 1 aliphatic rings. The lowest BCUT2D eigenvalue weighted by molar-refractivity contribution is -0.119. The molecule has 1 aromatic carbocycles. The Hall–Kier alpha value is -1.07. The van der Waals surface area contributed by atoms with Gasteiger partial charge in [0, 0.05) is 35.8 Å². The van der Waals surface area contributed by atoms with Crippen LogP contribution in [0.2, 0.25) is 0 Å². The number of benzene rings is 1. The zero-order chi connectivity index (χ0) is 15.2. The molecule has 0 aromatic heterocycles. The van der Waals surface area contributed by atoms with Gasteiger partial charge in [-0.05, 0) is 44.4 Å². The van der Waals surface area contributed by atoms with Crippen LogP contribution in [0.1, 0.15) is 32.3 Å². The van der Waals surface area contributed by atoms with Gasteiger partial charge in [0.05, 0.1) is 6.54 Å². The Balaban J connectivity index is 1.99. The molecule has 0 aliphatic heterocycles. The van der Waals surface area contributed by atoms with Gasteiger partial charge in [-0.1, -0.05) is 22.0 Å². The lowest BCUT2D eigenvalue weighted by Gasteiger charge is -2.23. The van der Waals surface area contributed by atoms with E-state index in [4.69, 9.17) is 0 Å². The van der Waals surface area contributed by atoms with E-state index in [0.29, 0.717) is 19.1 Å². The molecule has 1 saturated carbocycles. The Labute approximate surface area is 135 Å². The number of rotatable bonds is 8. The Bertz CT molecular complexity index is 488. The van der Waals surface area contributed by atoms with Gasteiger partial charge < -0.3 is 15.5 Å². The summed E-state index contributed by atoms with van der Waals surface area (Å²) in [6.45, 7) is 6.78. The van der Waals surface area contributed by atoms with E-state index in [1.54, 1.807) is 0 Å². The second-order valence-electron chi connectivity index (χ2n) is 5.40. The fraction of sp³-hybridized carbons (Fsp3) is 0.562. The molecule has 1 aromatic rings. The van der Waals surface area contributed by atoms with Crippen molar-refractivity contribution in [1.29, 1.82) is 0 Å². The van der Waals surface area contributed by atoms with Crippen LogP contribution >= 0.6 is 15.9 Å². The first kappa shape index (κ1) is 16.3. The van der Waals surface area contributed by atoms with Crippen molar-refractivity contribution in [3.63, 3.8) is 0 Å². The summed E-state index contributed by atoms with van der Waals surface area (Å²) < 4.78 is 1.10. The molecule has 0 saturated heterocycles. The molecule has 2 rings (SSSR count). The molecule has 0 heterocycles. The van der Waals surface area contributed by atoms with Crippen molar-refractivity contribution in [1.82, 2.24) is 10.6 Å². The van der Waals surface area contributed by atoms with Crippen molar-refractivity contribution >= 4 is 27.5 Å². The minimum absolute atomic E-state index is 0.0648.